The van der Waals surface area contributed by atoms with Crippen molar-refractivity contribution in [1.29, 1.82) is 0 Å². The average Bonchev–Trinajstić information content (AvgIpc) is 3.25. The van der Waals surface area contributed by atoms with Gasteiger partial charge >= 0.3 is 12.1 Å². The number of carbonyl (C=O) groups is 4. The van der Waals surface area contributed by atoms with Gasteiger partial charge in [0.25, 0.3) is 0 Å². The van der Waals surface area contributed by atoms with E-state index in [9.17, 15) is 34.5 Å². The van der Waals surface area contributed by atoms with Crippen LogP contribution in [0.5, 0.6) is 0 Å². The summed E-state index contributed by atoms with van der Waals surface area (Å²) in [5.41, 5.74) is -4.48. The topological polar surface area (TPSA) is 230 Å². The van der Waals surface area contributed by atoms with Crippen LogP contribution in [0.15, 0.2) is 0 Å². The van der Waals surface area contributed by atoms with Crippen molar-refractivity contribution in [3.63, 3.8) is 0 Å². The first-order valence-electron chi connectivity index (χ1n) is 23.7. The Morgan fingerprint density at radius 2 is 1.46 bits per heavy atom. The number of ether oxygens (including phenoxy) is 8. The fraction of sp³-hybridized carbons (Fsp3) is 0.915. The van der Waals surface area contributed by atoms with Gasteiger partial charge in [0.2, 0.25) is 5.91 Å². The van der Waals surface area contributed by atoms with E-state index >= 15 is 0 Å². The van der Waals surface area contributed by atoms with Crippen molar-refractivity contribution in [1.82, 2.24) is 15.5 Å². The zero-order valence-electron chi connectivity index (χ0n) is 41.9. The summed E-state index contributed by atoms with van der Waals surface area (Å²) in [7, 11) is 6.72. The Balaban J connectivity index is 2.05. The summed E-state index contributed by atoms with van der Waals surface area (Å²) in [6, 6.07) is -0.322. The molecule has 18 atom stereocenters. The number of esters is 1. The largest absolute Gasteiger partial charge is 0.459 e. The maximum Gasteiger partial charge on any atom is 0.407 e. The van der Waals surface area contributed by atoms with Gasteiger partial charge < -0.3 is 68.7 Å². The summed E-state index contributed by atoms with van der Waals surface area (Å²) in [6.45, 7) is 19.8. The van der Waals surface area contributed by atoms with E-state index in [1.807, 2.05) is 39.8 Å². The molecule has 3 aliphatic heterocycles. The van der Waals surface area contributed by atoms with Crippen LogP contribution in [0.4, 0.5) is 4.79 Å². The number of Topliss-reactive ketones (excluding diaryl/α,β-unsaturated/α-hetero) is 1. The van der Waals surface area contributed by atoms with Crippen molar-refractivity contribution in [2.45, 2.75) is 212 Å². The lowest BCUT2D eigenvalue weighted by Gasteiger charge is -2.50. The quantitative estimate of drug-likeness (QED) is 0.109. The first-order chi connectivity index (χ1) is 30.3. The van der Waals surface area contributed by atoms with Crippen molar-refractivity contribution in [3.05, 3.63) is 0 Å². The Morgan fingerprint density at radius 1 is 0.846 bits per heavy atom. The fourth-order valence-electron chi connectivity index (χ4n) is 9.88. The number of nitrogens with zero attached hydrogens (tertiary/aromatic N) is 1. The van der Waals surface area contributed by atoms with Crippen LogP contribution in [-0.2, 0) is 52.3 Å². The van der Waals surface area contributed by atoms with Gasteiger partial charge in [-0.25, -0.2) is 4.79 Å². The molecule has 3 saturated heterocycles. The van der Waals surface area contributed by atoms with Gasteiger partial charge in [0.05, 0.1) is 42.0 Å². The number of hydrogen-bond acceptors (Lipinski definition) is 16. The van der Waals surface area contributed by atoms with Crippen LogP contribution in [0.25, 0.3) is 0 Å². The van der Waals surface area contributed by atoms with Crippen LogP contribution in [0, 0.1) is 23.7 Å². The van der Waals surface area contributed by atoms with Crippen LogP contribution in [0.1, 0.15) is 128 Å². The zero-order chi connectivity index (χ0) is 49.2. The van der Waals surface area contributed by atoms with E-state index in [1.54, 1.807) is 48.5 Å². The van der Waals surface area contributed by atoms with E-state index < -0.39 is 108 Å². The highest BCUT2D eigenvalue weighted by Crippen LogP contribution is 2.42. The summed E-state index contributed by atoms with van der Waals surface area (Å²) in [5, 5.41) is 40.6. The van der Waals surface area contributed by atoms with Crippen molar-refractivity contribution in [2.24, 2.45) is 23.7 Å². The number of hydrogen-bond donors (Lipinski definition) is 5. The summed E-state index contributed by atoms with van der Waals surface area (Å²) >= 11 is 0. The highest BCUT2D eigenvalue weighted by Gasteiger charge is 2.55. The van der Waals surface area contributed by atoms with Gasteiger partial charge in [-0.05, 0) is 87.7 Å². The molecule has 0 unspecified atom stereocenters. The third-order valence-corrected chi connectivity index (χ3v) is 14.2. The number of alkyl carbamates (subject to hydrolysis) is 1. The van der Waals surface area contributed by atoms with E-state index in [-0.39, 0.29) is 56.1 Å². The first kappa shape index (κ1) is 56.8. The number of aliphatic hydroxyl groups excluding tert-OH is 2. The predicted octanol–water partition coefficient (Wildman–Crippen LogP) is 3.87. The Hall–Kier alpha value is -2.52. The Kier molecular flexibility index (Phi) is 21.6. The van der Waals surface area contributed by atoms with E-state index in [2.05, 4.69) is 10.6 Å². The van der Waals surface area contributed by atoms with E-state index in [1.165, 1.54) is 21.1 Å². The van der Waals surface area contributed by atoms with Gasteiger partial charge in [0, 0.05) is 63.9 Å². The van der Waals surface area contributed by atoms with Gasteiger partial charge in [0.15, 0.2) is 18.7 Å². The number of aliphatic hydroxyl groups is 3. The molecule has 18 nitrogen and oxygen atoms in total. The minimum atomic E-state index is -2.01. The van der Waals surface area contributed by atoms with E-state index in [0.717, 1.165) is 12.8 Å². The molecule has 0 aromatic carbocycles. The molecule has 0 aromatic heterocycles. The van der Waals surface area contributed by atoms with Crippen molar-refractivity contribution in [2.75, 3.05) is 41.4 Å². The van der Waals surface area contributed by atoms with E-state index in [0.29, 0.717) is 19.4 Å². The summed E-state index contributed by atoms with van der Waals surface area (Å²) in [5.74, 6) is -4.85. The lowest BCUT2D eigenvalue weighted by atomic mass is 9.74. The maximum absolute atomic E-state index is 14.5. The standard InChI is InChI=1S/C47H85N3O15/c1-16-18-21-48-34(51)20-19-22-49-44(56)65-41-31(8)61-35(25-46(41,10)59-15)63-38-29(6)40(64-43-37(53)32(50(12)13)23-27(4)60-43)45(9,58-14)24-26(3)36(52)28(5)39(54)47(11,57)33(17-2)62-42(55)30(38)7/h26-33,35,37-41,43,53-54,57H,16-25H2,1-15H3,(H,48,51)(H,49,56)/t26-,27-,28+,29+,30-,31+,32+,33-,35+,37-,38+,39-,40-,41+,43+,45-,46-,47-/m1/s1. The molecule has 3 aliphatic rings. The van der Waals surface area contributed by atoms with Gasteiger partial charge in [0.1, 0.15) is 29.2 Å². The number of ketones is 1. The SMILES string of the molecule is CCCCNC(=O)CCCNC(=O)O[C@H]1[C@H](C)O[C@@H](O[C@H]2[C@H](C)[C@@H](O[C@@H]3O[C@H](C)C[C@H](N(C)C)[C@H]3O)[C@](C)(OC)C[C@@H](C)C(=O)[C@H](C)[C@@H](O)[C@](C)(O)[C@@H](CC)OC(=O)[C@@H]2C)C[C@@]1(C)OC. The lowest BCUT2D eigenvalue weighted by Crippen LogP contribution is -2.62. The Labute approximate surface area is 387 Å². The molecule has 0 saturated carbocycles. The second-order valence-electron chi connectivity index (χ2n) is 19.7. The van der Waals surface area contributed by atoms with Crippen LogP contribution in [0.3, 0.4) is 0 Å². The molecule has 0 spiro atoms. The van der Waals surface area contributed by atoms with Gasteiger partial charge in [-0.1, -0.05) is 41.0 Å². The first-order valence-corrected chi connectivity index (χ1v) is 23.7. The number of unbranched alkanes of at least 4 members (excludes halogenated alkanes) is 1. The van der Waals surface area contributed by atoms with Gasteiger partial charge in [-0.15, -0.1) is 0 Å². The second kappa shape index (κ2) is 24.7. The average molecular weight is 932 g/mol. The molecular weight excluding hydrogens is 847 g/mol. The zero-order valence-corrected chi connectivity index (χ0v) is 41.9. The van der Waals surface area contributed by atoms with E-state index in [4.69, 9.17) is 37.9 Å². The third kappa shape index (κ3) is 14.3. The lowest BCUT2D eigenvalue weighted by molar-refractivity contribution is -0.319. The minimum absolute atomic E-state index is 0.0379. The predicted molar refractivity (Wildman–Crippen MR) is 240 cm³/mol. The van der Waals surface area contributed by atoms with Crippen LogP contribution >= 0.6 is 0 Å². The number of rotatable bonds is 16. The number of nitrogens with one attached hydrogen (secondary N) is 2. The number of methoxy groups -OCH3 is 2. The molecular formula is C47H85N3O15. The van der Waals surface area contributed by atoms with Crippen molar-refractivity contribution >= 4 is 23.8 Å². The number of carbonyl (C=O) groups excluding carboxylic acids is 4. The Bertz CT molecular complexity index is 1540. The monoisotopic (exact) mass is 932 g/mol. The molecule has 3 heterocycles. The summed E-state index contributed by atoms with van der Waals surface area (Å²) < 4.78 is 50.8. The molecule has 0 aliphatic carbocycles. The third-order valence-electron chi connectivity index (χ3n) is 14.2. The molecule has 0 bridgehead atoms. The highest BCUT2D eigenvalue weighted by atomic mass is 16.7. The highest BCUT2D eigenvalue weighted by molar-refractivity contribution is 5.83. The van der Waals surface area contributed by atoms with Crippen LogP contribution in [0.2, 0.25) is 0 Å². The Morgan fingerprint density at radius 3 is 2.05 bits per heavy atom. The fourth-order valence-corrected chi connectivity index (χ4v) is 9.88. The van der Waals surface area contributed by atoms with Crippen molar-refractivity contribution < 1.29 is 72.4 Å². The summed E-state index contributed by atoms with van der Waals surface area (Å²) in [4.78, 5) is 55.7. The van der Waals surface area contributed by atoms with Gasteiger partial charge in [-0.2, -0.15) is 0 Å². The number of amides is 2. The molecule has 3 rings (SSSR count). The van der Waals surface area contributed by atoms with Crippen LogP contribution < -0.4 is 10.6 Å². The normalized spacial score (nSPS) is 41.3. The minimum Gasteiger partial charge on any atom is -0.459 e. The molecule has 378 valence electrons. The van der Waals surface area contributed by atoms with Gasteiger partial charge in [-0.3, -0.25) is 14.4 Å². The van der Waals surface area contributed by atoms with Crippen LogP contribution in [-0.4, -0.2) is 170 Å². The molecule has 0 aromatic rings. The second-order valence-corrected chi connectivity index (χ2v) is 19.7. The molecule has 0 radical (unpaired) electrons. The molecule has 18 heteroatoms. The number of likely N-dealkylation sites (N-methyl/N-ethyl adjacent to an activating group) is 1. The molecule has 3 fully saturated rings. The molecule has 2 amide bonds. The summed E-state index contributed by atoms with van der Waals surface area (Å²) in [6.07, 6.45) is -7.63. The smallest absolute Gasteiger partial charge is 0.407 e. The van der Waals surface area contributed by atoms with Crippen molar-refractivity contribution in [3.8, 4) is 0 Å². The maximum atomic E-state index is 14.5. The molecule has 65 heavy (non-hydrogen) atoms. The number of cyclic esters (lactones) is 1. The molecule has 5 N–H and O–H groups in total.